The molecule has 4 nitrogen and oxygen atoms in total. The minimum absolute atomic E-state index is 0.511. The lowest BCUT2D eigenvalue weighted by Gasteiger charge is -2.18. The lowest BCUT2D eigenvalue weighted by Crippen LogP contribution is -2.30. The van der Waals surface area contributed by atoms with E-state index in [4.69, 9.17) is 4.74 Å². The van der Waals surface area contributed by atoms with Crippen molar-refractivity contribution in [2.45, 2.75) is 39.2 Å². The van der Waals surface area contributed by atoms with Crippen LogP contribution >= 0.6 is 15.9 Å². The number of carbonyl (C=O) groups is 1. The van der Waals surface area contributed by atoms with Crippen molar-refractivity contribution < 1.29 is 9.53 Å². The summed E-state index contributed by atoms with van der Waals surface area (Å²) < 4.78 is 6.20. The largest absolute Gasteiger partial charge is 0.443 e. The van der Waals surface area contributed by atoms with Gasteiger partial charge in [0, 0.05) is 10.0 Å². The van der Waals surface area contributed by atoms with Crippen molar-refractivity contribution >= 4 is 27.7 Å². The van der Waals surface area contributed by atoms with Crippen molar-refractivity contribution in [2.75, 3.05) is 0 Å². The van der Waals surface area contributed by atoms with Crippen LogP contribution in [0.4, 0.5) is 4.79 Å². The van der Waals surface area contributed by atoms with E-state index in [2.05, 4.69) is 32.5 Å². The zero-order valence-corrected chi connectivity index (χ0v) is 12.9. The summed E-state index contributed by atoms with van der Waals surface area (Å²) in [5.41, 5.74) is 5.18. The summed E-state index contributed by atoms with van der Waals surface area (Å²) in [6.07, 6.45) is 1.26. The molecular weight excluding hydrogens is 308 g/mol. The molecule has 1 aromatic carbocycles. The van der Waals surface area contributed by atoms with Crippen LogP contribution in [0.25, 0.3) is 0 Å². The Kier molecular flexibility index (Phi) is 3.94. The molecule has 1 aliphatic rings. The molecule has 0 radical (unpaired) electrons. The molecule has 0 aromatic heterocycles. The van der Waals surface area contributed by atoms with Gasteiger partial charge in [0.2, 0.25) is 0 Å². The Balaban J connectivity index is 2.05. The van der Waals surface area contributed by atoms with E-state index < -0.39 is 11.7 Å². The number of hydrogen-bond acceptors (Lipinski definition) is 3. The highest BCUT2D eigenvalue weighted by Crippen LogP contribution is 2.25. The first kappa shape index (κ1) is 14.1. The van der Waals surface area contributed by atoms with Gasteiger partial charge >= 0.3 is 6.09 Å². The van der Waals surface area contributed by atoms with Crippen LogP contribution in [0.2, 0.25) is 0 Å². The van der Waals surface area contributed by atoms with E-state index in [1.807, 2.05) is 32.9 Å². The third-order valence-electron chi connectivity index (χ3n) is 2.69. The molecule has 0 saturated heterocycles. The number of hydrogen-bond donors (Lipinski definition) is 1. The average Bonchev–Trinajstić information content (AvgIpc) is 2.66. The van der Waals surface area contributed by atoms with E-state index in [0.29, 0.717) is 0 Å². The van der Waals surface area contributed by atoms with Crippen molar-refractivity contribution in [3.05, 3.63) is 33.8 Å². The topological polar surface area (TPSA) is 50.7 Å². The number of halogens is 1. The highest BCUT2D eigenvalue weighted by molar-refractivity contribution is 9.10. The maximum atomic E-state index is 11.5. The van der Waals surface area contributed by atoms with E-state index in [-0.39, 0.29) is 0 Å². The van der Waals surface area contributed by atoms with Crippen molar-refractivity contribution in [1.82, 2.24) is 5.43 Å². The standard InChI is InChI=1S/C14H17BrN2O2/c1-14(2,3)19-13(18)17-16-12-7-4-9-8-10(15)5-6-11(9)12/h5-6,8H,4,7H2,1-3H3,(H,17,18)/b16-12-. The summed E-state index contributed by atoms with van der Waals surface area (Å²) in [5, 5.41) is 4.16. The van der Waals surface area contributed by atoms with E-state index >= 15 is 0 Å². The predicted octanol–water partition coefficient (Wildman–Crippen LogP) is 3.62. The summed E-state index contributed by atoms with van der Waals surface area (Å²) >= 11 is 3.45. The van der Waals surface area contributed by atoms with E-state index in [0.717, 1.165) is 28.6 Å². The quantitative estimate of drug-likeness (QED) is 0.802. The minimum atomic E-state index is -0.523. The SMILES string of the molecule is CC(C)(C)OC(=O)N/N=C1/CCc2cc(Br)ccc21. The van der Waals surface area contributed by atoms with Gasteiger partial charge in [-0.2, -0.15) is 5.10 Å². The molecule has 0 aliphatic heterocycles. The number of nitrogens with one attached hydrogen (secondary N) is 1. The van der Waals surface area contributed by atoms with Crippen molar-refractivity contribution in [3.8, 4) is 0 Å². The van der Waals surface area contributed by atoms with E-state index in [1.54, 1.807) is 0 Å². The molecular formula is C14H17BrN2O2. The van der Waals surface area contributed by atoms with Gasteiger partial charge in [-0.05, 0) is 51.3 Å². The summed E-state index contributed by atoms with van der Waals surface area (Å²) in [6, 6.07) is 6.08. The van der Waals surface area contributed by atoms with Gasteiger partial charge in [-0.15, -0.1) is 0 Å². The number of benzene rings is 1. The number of nitrogens with zero attached hydrogens (tertiary/aromatic N) is 1. The molecule has 1 aromatic rings. The second-order valence-electron chi connectivity index (χ2n) is 5.47. The molecule has 19 heavy (non-hydrogen) atoms. The molecule has 1 N–H and O–H groups in total. The zero-order chi connectivity index (χ0) is 14.0. The number of amides is 1. The van der Waals surface area contributed by atoms with Gasteiger partial charge in [0.1, 0.15) is 5.60 Å². The maximum absolute atomic E-state index is 11.5. The van der Waals surface area contributed by atoms with Crippen molar-refractivity contribution in [3.63, 3.8) is 0 Å². The van der Waals surface area contributed by atoms with E-state index in [9.17, 15) is 4.79 Å². The summed E-state index contributed by atoms with van der Waals surface area (Å²) in [4.78, 5) is 11.5. The average molecular weight is 325 g/mol. The number of hydrazone groups is 1. The van der Waals surface area contributed by atoms with Crippen LogP contribution in [0.3, 0.4) is 0 Å². The molecule has 0 spiro atoms. The maximum Gasteiger partial charge on any atom is 0.428 e. The normalized spacial score (nSPS) is 16.3. The van der Waals surface area contributed by atoms with Gasteiger partial charge in [-0.1, -0.05) is 22.0 Å². The summed E-state index contributed by atoms with van der Waals surface area (Å²) in [7, 11) is 0. The molecule has 0 saturated carbocycles. The monoisotopic (exact) mass is 324 g/mol. The van der Waals surface area contributed by atoms with Crippen molar-refractivity contribution in [1.29, 1.82) is 0 Å². The number of carbonyl (C=O) groups excluding carboxylic acids is 1. The molecule has 1 amide bonds. The highest BCUT2D eigenvalue weighted by atomic mass is 79.9. The second-order valence-corrected chi connectivity index (χ2v) is 6.39. The van der Waals surface area contributed by atoms with Crippen LogP contribution in [0, 0.1) is 0 Å². The molecule has 0 unspecified atom stereocenters. The fourth-order valence-corrected chi connectivity index (χ4v) is 2.38. The third kappa shape index (κ3) is 3.80. The van der Waals surface area contributed by atoms with Gasteiger partial charge in [0.15, 0.2) is 0 Å². The Morgan fingerprint density at radius 3 is 2.79 bits per heavy atom. The van der Waals surface area contributed by atoms with Crippen LogP contribution in [0.5, 0.6) is 0 Å². The number of ether oxygens (including phenoxy) is 1. The van der Waals surface area contributed by atoms with Crippen LogP contribution in [0.15, 0.2) is 27.8 Å². The molecule has 0 heterocycles. The molecule has 0 bridgehead atoms. The first-order valence-electron chi connectivity index (χ1n) is 6.19. The molecule has 0 atom stereocenters. The Morgan fingerprint density at radius 2 is 2.11 bits per heavy atom. The minimum Gasteiger partial charge on any atom is -0.443 e. The first-order chi connectivity index (χ1) is 8.85. The van der Waals surface area contributed by atoms with Crippen LogP contribution in [0.1, 0.15) is 38.3 Å². The van der Waals surface area contributed by atoms with Crippen LogP contribution in [-0.2, 0) is 11.2 Å². The third-order valence-corrected chi connectivity index (χ3v) is 3.18. The van der Waals surface area contributed by atoms with Crippen molar-refractivity contribution in [2.24, 2.45) is 5.10 Å². The predicted molar refractivity (Wildman–Crippen MR) is 78.4 cm³/mol. The lowest BCUT2D eigenvalue weighted by molar-refractivity contribution is 0.0529. The Bertz CT molecular complexity index is 533. The van der Waals surface area contributed by atoms with Gasteiger partial charge in [-0.25, -0.2) is 10.2 Å². The molecule has 0 fully saturated rings. The zero-order valence-electron chi connectivity index (χ0n) is 11.3. The molecule has 1 aliphatic carbocycles. The van der Waals surface area contributed by atoms with Crippen LogP contribution < -0.4 is 5.43 Å². The summed E-state index contributed by atoms with van der Waals surface area (Å²) in [5.74, 6) is 0. The van der Waals surface area contributed by atoms with Gasteiger partial charge in [0.25, 0.3) is 0 Å². The Morgan fingerprint density at radius 1 is 1.37 bits per heavy atom. The fourth-order valence-electron chi connectivity index (χ4n) is 1.97. The smallest absolute Gasteiger partial charge is 0.428 e. The Hall–Kier alpha value is -1.36. The van der Waals surface area contributed by atoms with Gasteiger partial charge < -0.3 is 4.74 Å². The van der Waals surface area contributed by atoms with Crippen LogP contribution in [-0.4, -0.2) is 17.4 Å². The first-order valence-corrected chi connectivity index (χ1v) is 6.99. The highest BCUT2D eigenvalue weighted by Gasteiger charge is 2.19. The van der Waals surface area contributed by atoms with E-state index in [1.165, 1.54) is 5.56 Å². The fraction of sp³-hybridized carbons (Fsp3) is 0.429. The van der Waals surface area contributed by atoms with Gasteiger partial charge in [-0.3, -0.25) is 0 Å². The number of aryl methyl sites for hydroxylation is 1. The Labute approximate surface area is 121 Å². The summed E-state index contributed by atoms with van der Waals surface area (Å²) in [6.45, 7) is 5.46. The number of fused-ring (bicyclic) bond motifs is 1. The molecule has 5 heteroatoms. The lowest BCUT2D eigenvalue weighted by atomic mass is 10.1. The number of rotatable bonds is 1. The van der Waals surface area contributed by atoms with Gasteiger partial charge in [0.05, 0.1) is 5.71 Å². The second kappa shape index (κ2) is 5.33. The molecule has 102 valence electrons. The molecule has 2 rings (SSSR count).